The average Bonchev–Trinajstić information content (AvgIpc) is 2.98. The summed E-state index contributed by atoms with van der Waals surface area (Å²) in [5.74, 6) is -2.10. The molecule has 1 aromatic heterocycles. The van der Waals surface area contributed by atoms with E-state index in [1.54, 1.807) is 54.6 Å². The van der Waals surface area contributed by atoms with Crippen LogP contribution >= 0.6 is 0 Å². The molecule has 0 bridgehead atoms. The number of benzene rings is 2. The van der Waals surface area contributed by atoms with Gasteiger partial charge in [-0.1, -0.05) is 36.4 Å². The largest absolute Gasteiger partial charge is 0.441 e. The van der Waals surface area contributed by atoms with Gasteiger partial charge in [0.2, 0.25) is 11.8 Å². The molecule has 0 saturated heterocycles. The van der Waals surface area contributed by atoms with Crippen LogP contribution in [0.1, 0.15) is 11.1 Å². The van der Waals surface area contributed by atoms with Crippen LogP contribution in [0.15, 0.2) is 70.4 Å². The zero-order valence-electron chi connectivity index (χ0n) is 15.7. The molecule has 1 amide bonds. The summed E-state index contributed by atoms with van der Waals surface area (Å²) in [5, 5.41) is 18.9. The van der Waals surface area contributed by atoms with Crippen LogP contribution in [0, 0.1) is 22.7 Å². The Hall–Kier alpha value is -4.18. The molecular formula is C23H15N3O4. The Morgan fingerprint density at radius 2 is 1.93 bits per heavy atom. The number of nitrogens with one attached hydrogen (secondary N) is 1. The Labute approximate surface area is 170 Å². The van der Waals surface area contributed by atoms with Crippen molar-refractivity contribution in [2.24, 2.45) is 5.92 Å². The molecule has 5 rings (SSSR count). The van der Waals surface area contributed by atoms with Gasteiger partial charge in [-0.05, 0) is 23.8 Å². The summed E-state index contributed by atoms with van der Waals surface area (Å²) in [5.41, 5.74) is -1.23. The SMILES string of the molecule is C=CCN1C(=O)C2(c3ccccc31)c1c(c3ccccc3oc1=O)OC(=N)C2C#N. The maximum Gasteiger partial charge on any atom is 0.344 e. The lowest BCUT2D eigenvalue weighted by Crippen LogP contribution is -2.54. The molecule has 2 aromatic carbocycles. The lowest BCUT2D eigenvalue weighted by atomic mass is 9.65. The van der Waals surface area contributed by atoms with Crippen LogP contribution in [-0.4, -0.2) is 18.3 Å². The molecule has 2 aliphatic rings. The second-order valence-electron chi connectivity index (χ2n) is 7.15. The van der Waals surface area contributed by atoms with Crippen LogP contribution in [0.25, 0.3) is 11.0 Å². The van der Waals surface area contributed by atoms with Gasteiger partial charge in [-0.2, -0.15) is 5.26 Å². The maximum absolute atomic E-state index is 13.9. The minimum absolute atomic E-state index is 0.0484. The number of carbonyl (C=O) groups excluding carboxylic acids is 1. The molecule has 146 valence electrons. The third kappa shape index (κ3) is 2.00. The Morgan fingerprint density at radius 3 is 2.70 bits per heavy atom. The first-order valence-corrected chi connectivity index (χ1v) is 9.30. The first-order valence-electron chi connectivity index (χ1n) is 9.30. The number of ether oxygens (including phenoxy) is 1. The summed E-state index contributed by atoms with van der Waals surface area (Å²) in [4.78, 5) is 28.6. The van der Waals surface area contributed by atoms with Crippen LogP contribution in [-0.2, 0) is 10.2 Å². The predicted molar refractivity (Wildman–Crippen MR) is 110 cm³/mol. The molecule has 7 heteroatoms. The number of hydrogen-bond acceptors (Lipinski definition) is 6. The minimum atomic E-state index is -1.73. The van der Waals surface area contributed by atoms with Gasteiger partial charge in [0.15, 0.2) is 5.75 Å². The number of hydrogen-bond donors (Lipinski definition) is 1. The lowest BCUT2D eigenvalue weighted by molar-refractivity contribution is -0.122. The van der Waals surface area contributed by atoms with E-state index in [0.29, 0.717) is 16.6 Å². The average molecular weight is 397 g/mol. The highest BCUT2D eigenvalue weighted by molar-refractivity contribution is 6.15. The smallest absolute Gasteiger partial charge is 0.344 e. The van der Waals surface area contributed by atoms with Crippen LogP contribution in [0.2, 0.25) is 0 Å². The molecule has 2 unspecified atom stereocenters. The summed E-state index contributed by atoms with van der Waals surface area (Å²) in [7, 11) is 0. The van der Waals surface area contributed by atoms with Crippen molar-refractivity contribution < 1.29 is 13.9 Å². The van der Waals surface area contributed by atoms with E-state index in [1.165, 1.54) is 4.90 Å². The molecule has 0 saturated carbocycles. The second kappa shape index (κ2) is 6.16. The van der Waals surface area contributed by atoms with Crippen molar-refractivity contribution in [1.29, 1.82) is 10.7 Å². The van der Waals surface area contributed by atoms with E-state index in [0.717, 1.165) is 0 Å². The fraction of sp³-hybridized carbons (Fsp3) is 0.130. The molecule has 1 spiro atoms. The number of para-hydroxylation sites is 2. The van der Waals surface area contributed by atoms with E-state index in [1.807, 2.05) is 6.07 Å². The molecule has 0 fully saturated rings. The Morgan fingerprint density at radius 1 is 1.20 bits per heavy atom. The molecule has 0 aliphatic carbocycles. The molecule has 30 heavy (non-hydrogen) atoms. The standard InChI is InChI=1S/C23H15N3O4/c1-2-11-26-16-9-5-4-8-14(16)23(22(26)28)15(12-24)20(25)30-19-13-7-3-6-10-17(13)29-21(27)18(19)23/h2-10,15,25H,1,11H2. The number of anilines is 1. The fourth-order valence-electron chi connectivity index (χ4n) is 4.54. The highest BCUT2D eigenvalue weighted by atomic mass is 16.5. The number of nitriles is 1. The first kappa shape index (κ1) is 17.9. The third-order valence-electron chi connectivity index (χ3n) is 5.71. The summed E-state index contributed by atoms with van der Waals surface area (Å²) < 4.78 is 11.2. The number of rotatable bonds is 2. The van der Waals surface area contributed by atoms with Gasteiger partial charge in [-0.15, -0.1) is 6.58 Å². The highest BCUT2D eigenvalue weighted by Crippen LogP contribution is 2.55. The van der Waals surface area contributed by atoms with Crippen molar-refractivity contribution in [1.82, 2.24) is 0 Å². The highest BCUT2D eigenvalue weighted by Gasteiger charge is 2.64. The molecule has 2 aliphatic heterocycles. The van der Waals surface area contributed by atoms with Crippen LogP contribution < -0.4 is 15.3 Å². The van der Waals surface area contributed by atoms with E-state index >= 15 is 0 Å². The van der Waals surface area contributed by atoms with Gasteiger partial charge in [0.05, 0.1) is 11.5 Å². The minimum Gasteiger partial charge on any atom is -0.441 e. The van der Waals surface area contributed by atoms with Gasteiger partial charge in [-0.25, -0.2) is 4.79 Å². The van der Waals surface area contributed by atoms with Crippen LogP contribution in [0.5, 0.6) is 5.75 Å². The van der Waals surface area contributed by atoms with Gasteiger partial charge in [0.25, 0.3) is 0 Å². The summed E-state index contributed by atoms with van der Waals surface area (Å²) in [6.45, 7) is 3.91. The van der Waals surface area contributed by atoms with Crippen molar-refractivity contribution in [3.63, 3.8) is 0 Å². The Bertz CT molecular complexity index is 1370. The number of carbonyl (C=O) groups is 1. The first-order chi connectivity index (χ1) is 14.6. The van der Waals surface area contributed by atoms with Gasteiger partial charge in [0.1, 0.15) is 22.5 Å². The number of amides is 1. The van der Waals surface area contributed by atoms with Gasteiger partial charge in [0, 0.05) is 12.2 Å². The number of nitrogens with zero attached hydrogens (tertiary/aromatic N) is 2. The van der Waals surface area contributed by atoms with E-state index in [-0.39, 0.29) is 29.3 Å². The molecule has 3 aromatic rings. The van der Waals surface area contributed by atoms with Crippen molar-refractivity contribution in [2.75, 3.05) is 11.4 Å². The number of fused-ring (bicyclic) bond motifs is 6. The lowest BCUT2D eigenvalue weighted by Gasteiger charge is -2.37. The van der Waals surface area contributed by atoms with Crippen LogP contribution in [0.3, 0.4) is 0 Å². The zero-order chi connectivity index (χ0) is 21.0. The summed E-state index contributed by atoms with van der Waals surface area (Å²) in [6, 6.07) is 15.8. The van der Waals surface area contributed by atoms with Crippen molar-refractivity contribution >= 4 is 28.5 Å². The van der Waals surface area contributed by atoms with E-state index in [2.05, 4.69) is 6.58 Å². The second-order valence-corrected chi connectivity index (χ2v) is 7.15. The molecule has 1 N–H and O–H groups in total. The van der Waals surface area contributed by atoms with E-state index in [4.69, 9.17) is 14.6 Å². The monoisotopic (exact) mass is 397 g/mol. The molecule has 0 radical (unpaired) electrons. The molecule has 3 heterocycles. The van der Waals surface area contributed by atoms with Gasteiger partial charge >= 0.3 is 5.63 Å². The van der Waals surface area contributed by atoms with Crippen molar-refractivity contribution in [3.8, 4) is 11.8 Å². The Kier molecular flexibility index (Phi) is 3.67. The van der Waals surface area contributed by atoms with Crippen molar-refractivity contribution in [2.45, 2.75) is 5.41 Å². The summed E-state index contributed by atoms with van der Waals surface area (Å²) >= 11 is 0. The quantitative estimate of drug-likeness (QED) is 0.528. The topological polar surface area (TPSA) is 107 Å². The normalized spacial score (nSPS) is 21.8. The molecule has 7 nitrogen and oxygen atoms in total. The van der Waals surface area contributed by atoms with Crippen molar-refractivity contribution in [3.05, 3.63) is 82.7 Å². The van der Waals surface area contributed by atoms with Gasteiger partial charge < -0.3 is 14.1 Å². The molecular weight excluding hydrogens is 382 g/mol. The predicted octanol–water partition coefficient (Wildman–Crippen LogP) is 3.12. The maximum atomic E-state index is 13.9. The fourth-order valence-corrected chi connectivity index (χ4v) is 4.54. The van der Waals surface area contributed by atoms with E-state index in [9.17, 15) is 14.9 Å². The Balaban J connectivity index is 1.98. The van der Waals surface area contributed by atoms with E-state index < -0.39 is 22.9 Å². The van der Waals surface area contributed by atoms with Crippen LogP contribution in [0.4, 0.5) is 5.69 Å². The summed E-state index contributed by atoms with van der Waals surface area (Å²) in [6.07, 6.45) is 1.57. The third-order valence-corrected chi connectivity index (χ3v) is 5.71. The molecule has 2 atom stereocenters. The zero-order valence-corrected chi connectivity index (χ0v) is 15.7. The van der Waals surface area contributed by atoms with Gasteiger partial charge in [-0.3, -0.25) is 10.2 Å².